The van der Waals surface area contributed by atoms with Gasteiger partial charge in [-0.2, -0.15) is 0 Å². The Labute approximate surface area is 129 Å². The maximum atomic E-state index is 3.73. The molecule has 1 heterocycles. The van der Waals surface area contributed by atoms with Crippen LogP contribution in [0.5, 0.6) is 0 Å². The number of nitrogens with one attached hydrogen (secondary N) is 1. The lowest BCUT2D eigenvalue weighted by Gasteiger charge is -2.23. The molecule has 2 heteroatoms. The monoisotopic (exact) mass is 293 g/mol. The predicted octanol–water partition coefficient (Wildman–Crippen LogP) is 5.19. The number of thiophene rings is 1. The second-order valence-electron chi connectivity index (χ2n) is 6.27. The van der Waals surface area contributed by atoms with Crippen molar-refractivity contribution >= 4 is 11.3 Å². The Kier molecular flexibility index (Phi) is 7.09. The van der Waals surface area contributed by atoms with Crippen molar-refractivity contribution in [2.75, 3.05) is 6.54 Å². The first-order chi connectivity index (χ1) is 9.81. The molecule has 1 aromatic heterocycles. The lowest BCUT2D eigenvalue weighted by atomic mass is 9.91. The molecule has 1 nitrogen and oxygen atoms in total. The summed E-state index contributed by atoms with van der Waals surface area (Å²) in [5.74, 6) is 0.965. The highest BCUT2D eigenvalue weighted by Crippen LogP contribution is 2.28. The number of hydrogen-bond donors (Lipinski definition) is 1. The highest BCUT2D eigenvalue weighted by molar-refractivity contribution is 7.11. The van der Waals surface area contributed by atoms with Crippen molar-refractivity contribution < 1.29 is 0 Å². The number of hydrogen-bond acceptors (Lipinski definition) is 2. The molecule has 0 radical (unpaired) electrons. The van der Waals surface area contributed by atoms with Crippen molar-refractivity contribution in [2.45, 2.75) is 77.7 Å². The van der Waals surface area contributed by atoms with Crippen molar-refractivity contribution in [1.29, 1.82) is 0 Å². The highest BCUT2D eigenvalue weighted by Gasteiger charge is 2.18. The maximum absolute atomic E-state index is 3.73. The van der Waals surface area contributed by atoms with E-state index in [1.165, 1.54) is 62.7 Å². The quantitative estimate of drug-likeness (QED) is 0.682. The molecule has 114 valence electrons. The van der Waals surface area contributed by atoms with Crippen LogP contribution in [0.4, 0.5) is 0 Å². The molecule has 0 saturated heterocycles. The summed E-state index contributed by atoms with van der Waals surface area (Å²) in [6.07, 6.45) is 12.6. The molecule has 1 aliphatic rings. The average Bonchev–Trinajstić information content (AvgIpc) is 2.74. The van der Waals surface area contributed by atoms with Crippen LogP contribution >= 0.6 is 11.3 Å². The second kappa shape index (κ2) is 8.84. The van der Waals surface area contributed by atoms with E-state index in [9.17, 15) is 0 Å². The van der Waals surface area contributed by atoms with Gasteiger partial charge in [0.2, 0.25) is 0 Å². The molecular formula is C18H31NS. The van der Waals surface area contributed by atoms with Gasteiger partial charge in [-0.05, 0) is 43.9 Å². The molecule has 1 aromatic rings. The van der Waals surface area contributed by atoms with Crippen LogP contribution in [0.1, 0.15) is 68.5 Å². The van der Waals surface area contributed by atoms with Gasteiger partial charge < -0.3 is 5.32 Å². The molecule has 1 aliphatic carbocycles. The van der Waals surface area contributed by atoms with Gasteiger partial charge in [0.25, 0.3) is 0 Å². The summed E-state index contributed by atoms with van der Waals surface area (Å²) >= 11 is 2.01. The van der Waals surface area contributed by atoms with E-state index in [-0.39, 0.29) is 0 Å². The normalized spacial score (nSPS) is 18.9. The molecule has 2 rings (SSSR count). The summed E-state index contributed by atoms with van der Waals surface area (Å²) in [7, 11) is 0. The SMILES string of the molecule is CCNC(Cc1ccc(CC)s1)CC1CCCCCC1. The standard InChI is InChI=1S/C18H31NS/c1-3-17-11-12-18(20-17)14-16(19-4-2)13-15-9-7-5-6-8-10-15/h11-12,15-16,19H,3-10,13-14H2,1-2H3. The minimum Gasteiger partial charge on any atom is -0.314 e. The summed E-state index contributed by atoms with van der Waals surface area (Å²) in [6, 6.07) is 5.35. The summed E-state index contributed by atoms with van der Waals surface area (Å²) < 4.78 is 0. The van der Waals surface area contributed by atoms with E-state index in [4.69, 9.17) is 0 Å². The Balaban J connectivity index is 1.88. The first kappa shape index (κ1) is 16.0. The third-order valence-corrected chi connectivity index (χ3v) is 5.85. The molecule has 1 N–H and O–H groups in total. The van der Waals surface area contributed by atoms with Gasteiger partial charge in [0, 0.05) is 15.8 Å². The fourth-order valence-electron chi connectivity index (χ4n) is 3.49. The topological polar surface area (TPSA) is 12.0 Å². The minimum absolute atomic E-state index is 0.687. The molecule has 0 aliphatic heterocycles. The first-order valence-electron chi connectivity index (χ1n) is 8.62. The maximum Gasteiger partial charge on any atom is 0.0118 e. The lowest BCUT2D eigenvalue weighted by molar-refractivity contribution is 0.354. The molecule has 1 atom stereocenters. The van der Waals surface area contributed by atoms with Crippen LogP contribution in [0.15, 0.2) is 12.1 Å². The molecule has 1 unspecified atom stereocenters. The number of likely N-dealkylation sites (N-methyl/N-ethyl adjacent to an activating group) is 1. The average molecular weight is 294 g/mol. The Morgan fingerprint density at radius 1 is 1.10 bits per heavy atom. The second-order valence-corrected chi connectivity index (χ2v) is 7.53. The zero-order valence-corrected chi connectivity index (χ0v) is 14.1. The fraction of sp³-hybridized carbons (Fsp3) is 0.778. The smallest absolute Gasteiger partial charge is 0.0118 e. The van der Waals surface area contributed by atoms with Gasteiger partial charge in [-0.25, -0.2) is 0 Å². The van der Waals surface area contributed by atoms with E-state index in [0.29, 0.717) is 6.04 Å². The molecule has 20 heavy (non-hydrogen) atoms. The van der Waals surface area contributed by atoms with Crippen LogP contribution in [0.2, 0.25) is 0 Å². The Bertz CT molecular complexity index is 363. The van der Waals surface area contributed by atoms with E-state index in [0.717, 1.165) is 12.5 Å². The zero-order valence-electron chi connectivity index (χ0n) is 13.3. The van der Waals surface area contributed by atoms with Crippen molar-refractivity contribution in [3.8, 4) is 0 Å². The molecule has 1 fully saturated rings. The Morgan fingerprint density at radius 2 is 1.80 bits per heavy atom. The summed E-state index contributed by atoms with van der Waals surface area (Å²) in [5.41, 5.74) is 0. The van der Waals surface area contributed by atoms with Gasteiger partial charge in [0.05, 0.1) is 0 Å². The van der Waals surface area contributed by atoms with Crippen LogP contribution in [0.25, 0.3) is 0 Å². The molecule has 0 aromatic carbocycles. The third kappa shape index (κ3) is 5.21. The fourth-order valence-corrected chi connectivity index (χ4v) is 4.53. The highest BCUT2D eigenvalue weighted by atomic mass is 32.1. The van der Waals surface area contributed by atoms with Gasteiger partial charge >= 0.3 is 0 Å². The summed E-state index contributed by atoms with van der Waals surface area (Å²) in [4.78, 5) is 3.10. The third-order valence-electron chi connectivity index (χ3n) is 4.60. The van der Waals surface area contributed by atoms with Gasteiger partial charge in [-0.3, -0.25) is 0 Å². The van der Waals surface area contributed by atoms with E-state index < -0.39 is 0 Å². The summed E-state index contributed by atoms with van der Waals surface area (Å²) in [5, 5.41) is 3.73. The lowest BCUT2D eigenvalue weighted by Crippen LogP contribution is -2.32. The molecular weight excluding hydrogens is 262 g/mol. The number of rotatable bonds is 7. The zero-order chi connectivity index (χ0) is 14.2. The van der Waals surface area contributed by atoms with Crippen LogP contribution < -0.4 is 5.32 Å². The van der Waals surface area contributed by atoms with Crippen molar-refractivity contribution in [2.24, 2.45) is 5.92 Å². The Hall–Kier alpha value is -0.340. The van der Waals surface area contributed by atoms with Gasteiger partial charge in [-0.15, -0.1) is 11.3 Å². The number of aryl methyl sites for hydroxylation is 1. The van der Waals surface area contributed by atoms with Crippen molar-refractivity contribution in [3.05, 3.63) is 21.9 Å². The van der Waals surface area contributed by atoms with Crippen molar-refractivity contribution in [1.82, 2.24) is 5.32 Å². The van der Waals surface area contributed by atoms with Crippen LogP contribution in [0.3, 0.4) is 0 Å². The molecule has 1 saturated carbocycles. The first-order valence-corrected chi connectivity index (χ1v) is 9.44. The van der Waals surface area contributed by atoms with Crippen LogP contribution in [-0.2, 0) is 12.8 Å². The van der Waals surface area contributed by atoms with Crippen LogP contribution in [-0.4, -0.2) is 12.6 Å². The van der Waals surface area contributed by atoms with Gasteiger partial charge in [0.1, 0.15) is 0 Å². The van der Waals surface area contributed by atoms with E-state index in [1.807, 2.05) is 11.3 Å². The van der Waals surface area contributed by atoms with Crippen molar-refractivity contribution in [3.63, 3.8) is 0 Å². The Morgan fingerprint density at radius 3 is 2.40 bits per heavy atom. The minimum atomic E-state index is 0.687. The molecule has 0 spiro atoms. The van der Waals surface area contributed by atoms with E-state index in [1.54, 1.807) is 4.88 Å². The van der Waals surface area contributed by atoms with Crippen LogP contribution in [0, 0.1) is 5.92 Å². The summed E-state index contributed by atoms with van der Waals surface area (Å²) in [6.45, 7) is 5.60. The molecule has 0 bridgehead atoms. The predicted molar refractivity (Wildman–Crippen MR) is 90.7 cm³/mol. The van der Waals surface area contributed by atoms with Gasteiger partial charge in [-0.1, -0.05) is 52.4 Å². The van der Waals surface area contributed by atoms with Gasteiger partial charge in [0.15, 0.2) is 0 Å². The largest absolute Gasteiger partial charge is 0.314 e. The van der Waals surface area contributed by atoms with E-state index in [2.05, 4.69) is 31.3 Å². The van der Waals surface area contributed by atoms with E-state index >= 15 is 0 Å². The molecule has 0 amide bonds.